The Balaban J connectivity index is 1.77. The van der Waals surface area contributed by atoms with Crippen molar-refractivity contribution in [3.63, 3.8) is 0 Å². The molecule has 0 radical (unpaired) electrons. The van der Waals surface area contributed by atoms with E-state index in [2.05, 4.69) is 9.97 Å². The van der Waals surface area contributed by atoms with E-state index in [4.69, 9.17) is 23.7 Å². The number of aromatic nitrogens is 2. The molecule has 0 atom stereocenters. The Morgan fingerprint density at radius 3 is 2.26 bits per heavy atom. The molecular weight excluding hydrogens is 348 g/mol. The van der Waals surface area contributed by atoms with Crippen LogP contribution in [0.1, 0.15) is 0 Å². The minimum atomic E-state index is 0.235. The van der Waals surface area contributed by atoms with E-state index in [0.29, 0.717) is 28.8 Å². The van der Waals surface area contributed by atoms with Crippen molar-refractivity contribution < 1.29 is 23.7 Å². The third-order valence-electron chi connectivity index (χ3n) is 4.25. The Hall–Kier alpha value is -3.48. The fourth-order valence-electron chi connectivity index (χ4n) is 2.92. The highest BCUT2D eigenvalue weighted by atomic mass is 16.7. The van der Waals surface area contributed by atoms with E-state index >= 15 is 0 Å². The molecule has 7 nitrogen and oxygen atoms in total. The smallest absolute Gasteiger partial charge is 0.231 e. The van der Waals surface area contributed by atoms with Crippen molar-refractivity contribution in [2.45, 2.75) is 0 Å². The second-order valence-electron chi connectivity index (χ2n) is 5.75. The van der Waals surface area contributed by atoms with Gasteiger partial charge in [0.2, 0.25) is 12.5 Å². The van der Waals surface area contributed by atoms with E-state index in [1.807, 2.05) is 36.4 Å². The zero-order valence-electron chi connectivity index (χ0n) is 15.2. The maximum Gasteiger partial charge on any atom is 0.231 e. The summed E-state index contributed by atoms with van der Waals surface area (Å²) in [6.07, 6.45) is 1.71. The maximum absolute atomic E-state index is 5.45. The highest BCUT2D eigenvalue weighted by Gasteiger charge is 2.17. The predicted octanol–water partition coefficient (Wildman–Crippen LogP) is 3.57. The molecule has 0 bridgehead atoms. The summed E-state index contributed by atoms with van der Waals surface area (Å²) in [5.74, 6) is 3.60. The lowest BCUT2D eigenvalue weighted by Crippen LogP contribution is -1.97. The van der Waals surface area contributed by atoms with Gasteiger partial charge in [-0.15, -0.1) is 0 Å². The van der Waals surface area contributed by atoms with Gasteiger partial charge in [0.15, 0.2) is 28.8 Å². The molecule has 4 rings (SSSR count). The van der Waals surface area contributed by atoms with E-state index in [9.17, 15) is 0 Å². The summed E-state index contributed by atoms with van der Waals surface area (Å²) in [6.45, 7) is 0.235. The zero-order valence-corrected chi connectivity index (χ0v) is 15.2. The van der Waals surface area contributed by atoms with Gasteiger partial charge < -0.3 is 23.7 Å². The fourth-order valence-corrected chi connectivity index (χ4v) is 2.92. The van der Waals surface area contributed by atoms with Gasteiger partial charge in [-0.3, -0.25) is 0 Å². The molecule has 0 spiro atoms. The molecule has 27 heavy (non-hydrogen) atoms. The number of fused-ring (bicyclic) bond motifs is 1. The van der Waals surface area contributed by atoms with Crippen LogP contribution in [-0.4, -0.2) is 38.1 Å². The van der Waals surface area contributed by atoms with Crippen LogP contribution in [0.25, 0.3) is 22.6 Å². The Labute approximate surface area is 156 Å². The molecular formula is C20H18N2O5. The molecule has 0 saturated heterocycles. The molecule has 3 aromatic rings. The maximum atomic E-state index is 5.45. The first-order valence-electron chi connectivity index (χ1n) is 8.27. The molecule has 2 heterocycles. The summed E-state index contributed by atoms with van der Waals surface area (Å²) in [7, 11) is 4.72. The van der Waals surface area contributed by atoms with Gasteiger partial charge in [-0.05, 0) is 36.4 Å². The molecule has 138 valence electrons. The Bertz CT molecular complexity index is 965. The number of hydrogen-bond acceptors (Lipinski definition) is 7. The van der Waals surface area contributed by atoms with Crippen LogP contribution in [0.4, 0.5) is 0 Å². The molecule has 0 aliphatic carbocycles. The van der Waals surface area contributed by atoms with Gasteiger partial charge >= 0.3 is 0 Å². The summed E-state index contributed by atoms with van der Waals surface area (Å²) in [5, 5.41) is 0. The van der Waals surface area contributed by atoms with E-state index < -0.39 is 0 Å². The number of ether oxygens (including phenoxy) is 5. The van der Waals surface area contributed by atoms with Crippen LogP contribution in [0.15, 0.2) is 42.6 Å². The summed E-state index contributed by atoms with van der Waals surface area (Å²) in [6, 6.07) is 11.2. The normalized spacial score (nSPS) is 12.0. The van der Waals surface area contributed by atoms with Crippen LogP contribution in [0.3, 0.4) is 0 Å². The van der Waals surface area contributed by atoms with Gasteiger partial charge in [0.25, 0.3) is 0 Å². The standard InChI is InChI=1S/C20H18N2O5/c1-23-17-9-13(10-18(24-2)19(17)25-3)20-21-7-6-14(22-20)12-4-5-15-16(8-12)27-11-26-15/h4-10H,11H2,1-3H3. The second-order valence-corrected chi connectivity index (χ2v) is 5.75. The van der Waals surface area contributed by atoms with E-state index in [1.165, 1.54) is 0 Å². The van der Waals surface area contributed by atoms with Gasteiger partial charge in [0.05, 0.1) is 27.0 Å². The molecule has 0 N–H and O–H groups in total. The van der Waals surface area contributed by atoms with Crippen molar-refractivity contribution in [2.24, 2.45) is 0 Å². The Morgan fingerprint density at radius 2 is 1.56 bits per heavy atom. The summed E-state index contributed by atoms with van der Waals surface area (Å²) in [5.41, 5.74) is 2.44. The third-order valence-corrected chi connectivity index (χ3v) is 4.25. The average Bonchev–Trinajstić information content (AvgIpc) is 3.20. The van der Waals surface area contributed by atoms with Crippen LogP contribution < -0.4 is 23.7 Å². The quantitative estimate of drug-likeness (QED) is 0.683. The van der Waals surface area contributed by atoms with Crippen molar-refractivity contribution in [3.05, 3.63) is 42.6 Å². The van der Waals surface area contributed by atoms with Crippen molar-refractivity contribution in [2.75, 3.05) is 28.1 Å². The monoisotopic (exact) mass is 366 g/mol. The lowest BCUT2D eigenvalue weighted by atomic mass is 10.1. The SMILES string of the molecule is COc1cc(-c2nccc(-c3ccc4c(c3)OCO4)n2)cc(OC)c1OC. The van der Waals surface area contributed by atoms with Crippen molar-refractivity contribution in [1.29, 1.82) is 0 Å². The number of methoxy groups -OCH3 is 3. The van der Waals surface area contributed by atoms with Gasteiger partial charge in [-0.1, -0.05) is 0 Å². The first-order valence-corrected chi connectivity index (χ1v) is 8.27. The van der Waals surface area contributed by atoms with Crippen molar-refractivity contribution in [3.8, 4) is 51.4 Å². The third kappa shape index (κ3) is 3.08. The zero-order chi connectivity index (χ0) is 18.8. The number of rotatable bonds is 5. The predicted molar refractivity (Wildman–Crippen MR) is 98.7 cm³/mol. The van der Waals surface area contributed by atoms with Crippen molar-refractivity contribution >= 4 is 0 Å². The molecule has 1 aliphatic rings. The molecule has 0 unspecified atom stereocenters. The van der Waals surface area contributed by atoms with Gasteiger partial charge in [0.1, 0.15) is 0 Å². The second kappa shape index (κ2) is 7.03. The first-order chi connectivity index (χ1) is 13.2. The van der Waals surface area contributed by atoms with E-state index in [1.54, 1.807) is 27.5 Å². The summed E-state index contributed by atoms with van der Waals surface area (Å²) < 4.78 is 27.0. The van der Waals surface area contributed by atoms with Crippen LogP contribution in [0.5, 0.6) is 28.7 Å². The molecule has 1 aliphatic heterocycles. The minimum Gasteiger partial charge on any atom is -0.493 e. The van der Waals surface area contributed by atoms with Crippen LogP contribution in [0, 0.1) is 0 Å². The van der Waals surface area contributed by atoms with Crippen LogP contribution >= 0.6 is 0 Å². The molecule has 0 saturated carbocycles. The Kier molecular flexibility index (Phi) is 4.42. The van der Waals surface area contributed by atoms with Gasteiger partial charge in [-0.2, -0.15) is 0 Å². The first kappa shape index (κ1) is 17.0. The number of benzene rings is 2. The van der Waals surface area contributed by atoms with Gasteiger partial charge in [0, 0.05) is 17.3 Å². The largest absolute Gasteiger partial charge is 0.493 e. The topological polar surface area (TPSA) is 71.9 Å². The summed E-state index contributed by atoms with van der Waals surface area (Å²) >= 11 is 0. The summed E-state index contributed by atoms with van der Waals surface area (Å²) in [4.78, 5) is 9.08. The lowest BCUT2D eigenvalue weighted by molar-refractivity contribution is 0.174. The fraction of sp³-hybridized carbons (Fsp3) is 0.200. The molecule has 1 aromatic heterocycles. The highest BCUT2D eigenvalue weighted by Crippen LogP contribution is 2.41. The number of nitrogens with zero attached hydrogens (tertiary/aromatic N) is 2. The van der Waals surface area contributed by atoms with Crippen LogP contribution in [-0.2, 0) is 0 Å². The average molecular weight is 366 g/mol. The van der Waals surface area contributed by atoms with E-state index in [-0.39, 0.29) is 6.79 Å². The van der Waals surface area contributed by atoms with E-state index in [0.717, 1.165) is 22.6 Å². The molecule has 0 fully saturated rings. The lowest BCUT2D eigenvalue weighted by Gasteiger charge is -2.14. The molecule has 0 amide bonds. The Morgan fingerprint density at radius 1 is 0.815 bits per heavy atom. The molecule has 7 heteroatoms. The van der Waals surface area contributed by atoms with Crippen molar-refractivity contribution in [1.82, 2.24) is 9.97 Å². The van der Waals surface area contributed by atoms with Gasteiger partial charge in [-0.25, -0.2) is 9.97 Å². The van der Waals surface area contributed by atoms with Crippen LogP contribution in [0.2, 0.25) is 0 Å². The molecule has 2 aromatic carbocycles. The number of hydrogen-bond donors (Lipinski definition) is 0. The minimum absolute atomic E-state index is 0.235. The highest BCUT2D eigenvalue weighted by molar-refractivity contribution is 5.70.